The Kier molecular flexibility index (Phi) is 4.03. The summed E-state index contributed by atoms with van der Waals surface area (Å²) in [5.74, 6) is -0.325. The summed E-state index contributed by atoms with van der Waals surface area (Å²) in [5, 5.41) is 14.8. The van der Waals surface area contributed by atoms with E-state index in [2.05, 4.69) is 5.10 Å². The molecule has 0 aliphatic carbocycles. The van der Waals surface area contributed by atoms with Crippen LogP contribution in [0.2, 0.25) is 5.15 Å². The molecule has 0 atom stereocenters. The van der Waals surface area contributed by atoms with Gasteiger partial charge in [-0.25, -0.2) is 9.07 Å². The van der Waals surface area contributed by atoms with Crippen LogP contribution in [0.5, 0.6) is 5.75 Å². The Morgan fingerprint density at radius 3 is 2.26 bits per heavy atom. The number of phenolic OH excluding ortho intramolecular Hbond substituents is 1. The summed E-state index contributed by atoms with van der Waals surface area (Å²) in [5.41, 5.74) is 0.226. The van der Waals surface area contributed by atoms with Crippen molar-refractivity contribution >= 4 is 35.1 Å². The maximum absolute atomic E-state index is 14.8. The summed E-state index contributed by atoms with van der Waals surface area (Å²) in [6.07, 6.45) is 0. The van der Waals surface area contributed by atoms with Gasteiger partial charge in [0.25, 0.3) is 0 Å². The first-order chi connectivity index (χ1) is 12.6. The third-order valence-electron chi connectivity index (χ3n) is 5.33. The molecule has 0 amide bonds. The number of phenols is 1. The smallest absolute Gasteiger partial charge is 0.497 e. The maximum Gasteiger partial charge on any atom is 0.497 e. The van der Waals surface area contributed by atoms with E-state index in [0.717, 1.165) is 0 Å². The highest BCUT2D eigenvalue weighted by Gasteiger charge is 2.52. The fraction of sp³-hybridized carbons (Fsp3) is 0.316. The molecular weight excluding hydrogens is 369 g/mol. The fourth-order valence-electron chi connectivity index (χ4n) is 3.01. The molecule has 1 aliphatic heterocycles. The Hall–Kier alpha value is -2.09. The molecule has 0 bridgehead atoms. The van der Waals surface area contributed by atoms with Crippen LogP contribution in [-0.2, 0) is 9.31 Å². The van der Waals surface area contributed by atoms with Crippen LogP contribution in [0.15, 0.2) is 36.4 Å². The van der Waals surface area contributed by atoms with Crippen LogP contribution in [0, 0.1) is 5.82 Å². The van der Waals surface area contributed by atoms with E-state index >= 15 is 0 Å². The molecule has 2 aromatic carbocycles. The maximum atomic E-state index is 14.8. The number of aromatic hydroxyl groups is 1. The Morgan fingerprint density at radius 1 is 1.07 bits per heavy atom. The van der Waals surface area contributed by atoms with Gasteiger partial charge >= 0.3 is 7.12 Å². The van der Waals surface area contributed by atoms with Crippen LogP contribution in [0.4, 0.5) is 4.39 Å². The second kappa shape index (κ2) is 5.96. The average Bonchev–Trinajstić information content (AvgIpc) is 3.00. The van der Waals surface area contributed by atoms with Crippen molar-refractivity contribution < 1.29 is 18.8 Å². The topological polar surface area (TPSA) is 56.5 Å². The predicted molar refractivity (Wildman–Crippen MR) is 103 cm³/mol. The summed E-state index contributed by atoms with van der Waals surface area (Å²) in [4.78, 5) is 0. The van der Waals surface area contributed by atoms with Gasteiger partial charge in [-0.1, -0.05) is 11.6 Å². The number of rotatable bonds is 2. The Balaban J connectivity index is 1.80. The van der Waals surface area contributed by atoms with E-state index in [1.54, 1.807) is 18.2 Å². The van der Waals surface area contributed by atoms with Gasteiger partial charge in [0, 0.05) is 16.9 Å². The molecule has 1 N–H and O–H groups in total. The molecule has 1 fully saturated rings. The monoisotopic (exact) mass is 388 g/mol. The minimum atomic E-state index is -0.826. The molecule has 8 heteroatoms. The number of fused-ring (bicyclic) bond motifs is 1. The standard InChI is InChI=1S/C19H19BClFN2O3/c1-18(2)19(3,4)27-20(26-18)14-9-13-16(10-15(14)22)23-24(17(13)21)11-5-7-12(25)8-6-11/h5-10,25H,1-4H3. The molecule has 5 nitrogen and oxygen atoms in total. The molecule has 4 rings (SSSR count). The van der Waals surface area contributed by atoms with Crippen molar-refractivity contribution in [3.8, 4) is 11.4 Å². The lowest BCUT2D eigenvalue weighted by Gasteiger charge is -2.32. The number of benzene rings is 2. The highest BCUT2D eigenvalue weighted by atomic mass is 35.5. The van der Waals surface area contributed by atoms with E-state index in [9.17, 15) is 9.50 Å². The van der Waals surface area contributed by atoms with Crippen LogP contribution >= 0.6 is 11.6 Å². The third kappa shape index (κ3) is 2.90. The van der Waals surface area contributed by atoms with Crippen LogP contribution in [0.25, 0.3) is 16.6 Å². The number of aromatic nitrogens is 2. The van der Waals surface area contributed by atoms with Gasteiger partial charge in [-0.3, -0.25) is 0 Å². The van der Waals surface area contributed by atoms with Gasteiger partial charge in [0.05, 0.1) is 22.4 Å². The average molecular weight is 389 g/mol. The van der Waals surface area contributed by atoms with Crippen molar-refractivity contribution in [2.45, 2.75) is 38.9 Å². The zero-order chi connectivity index (χ0) is 19.6. The Bertz CT molecular complexity index is 1020. The van der Waals surface area contributed by atoms with Gasteiger partial charge in [0.15, 0.2) is 0 Å². The van der Waals surface area contributed by atoms with Crippen molar-refractivity contribution in [1.82, 2.24) is 9.78 Å². The van der Waals surface area contributed by atoms with Crippen LogP contribution < -0.4 is 5.46 Å². The summed E-state index contributed by atoms with van der Waals surface area (Å²) < 4.78 is 28.2. The molecule has 0 spiro atoms. The Morgan fingerprint density at radius 2 is 1.67 bits per heavy atom. The first-order valence-corrected chi connectivity index (χ1v) is 8.99. The van der Waals surface area contributed by atoms with Crippen LogP contribution in [0.3, 0.4) is 0 Å². The lowest BCUT2D eigenvalue weighted by atomic mass is 9.78. The highest BCUT2D eigenvalue weighted by molar-refractivity contribution is 6.62. The van der Waals surface area contributed by atoms with E-state index in [-0.39, 0.29) is 11.2 Å². The van der Waals surface area contributed by atoms with Gasteiger partial charge in [-0.15, -0.1) is 0 Å². The largest absolute Gasteiger partial charge is 0.508 e. The van der Waals surface area contributed by atoms with Crippen molar-refractivity contribution in [2.24, 2.45) is 0 Å². The zero-order valence-corrected chi connectivity index (χ0v) is 16.2. The van der Waals surface area contributed by atoms with Gasteiger partial charge < -0.3 is 14.4 Å². The summed E-state index contributed by atoms with van der Waals surface area (Å²) in [6, 6.07) is 9.39. The van der Waals surface area contributed by atoms with E-state index in [0.29, 0.717) is 21.7 Å². The van der Waals surface area contributed by atoms with E-state index in [1.165, 1.54) is 22.9 Å². The second-order valence-electron chi connectivity index (χ2n) is 7.70. The van der Waals surface area contributed by atoms with Crippen LogP contribution in [0.1, 0.15) is 27.7 Å². The predicted octanol–water partition coefficient (Wildman–Crippen LogP) is 3.82. The van der Waals surface area contributed by atoms with Gasteiger partial charge in [0.2, 0.25) is 0 Å². The number of hydrogen-bond donors (Lipinski definition) is 1. The SMILES string of the molecule is CC1(C)OB(c2cc3c(Cl)n(-c4ccc(O)cc4)nc3cc2F)OC1(C)C. The van der Waals surface area contributed by atoms with Crippen molar-refractivity contribution in [2.75, 3.05) is 0 Å². The molecule has 2 heterocycles. The summed E-state index contributed by atoms with van der Waals surface area (Å²) in [6.45, 7) is 7.66. The van der Waals surface area contributed by atoms with Crippen molar-refractivity contribution in [3.63, 3.8) is 0 Å². The van der Waals surface area contributed by atoms with Gasteiger partial charge in [0.1, 0.15) is 16.7 Å². The third-order valence-corrected chi connectivity index (χ3v) is 5.70. The van der Waals surface area contributed by atoms with Crippen LogP contribution in [-0.4, -0.2) is 33.2 Å². The molecule has 0 saturated carbocycles. The quantitative estimate of drug-likeness (QED) is 0.678. The number of halogens is 2. The first-order valence-electron chi connectivity index (χ1n) is 8.62. The molecule has 140 valence electrons. The van der Waals surface area contributed by atoms with Crippen molar-refractivity contribution in [1.29, 1.82) is 0 Å². The lowest BCUT2D eigenvalue weighted by molar-refractivity contribution is 0.00578. The van der Waals surface area contributed by atoms with Gasteiger partial charge in [-0.05, 0) is 58.0 Å². The molecule has 1 aromatic heterocycles. The van der Waals surface area contributed by atoms with Crippen molar-refractivity contribution in [3.05, 3.63) is 47.4 Å². The second-order valence-corrected chi connectivity index (χ2v) is 8.06. The fourth-order valence-corrected chi connectivity index (χ4v) is 3.30. The highest BCUT2D eigenvalue weighted by Crippen LogP contribution is 2.37. The van der Waals surface area contributed by atoms with E-state index in [1.807, 2.05) is 27.7 Å². The number of nitrogens with zero attached hydrogens (tertiary/aromatic N) is 2. The Labute approximate surface area is 161 Å². The normalized spacial score (nSPS) is 18.4. The van der Waals surface area contributed by atoms with E-state index in [4.69, 9.17) is 20.9 Å². The minimum absolute atomic E-state index is 0.140. The molecule has 0 unspecified atom stereocenters. The van der Waals surface area contributed by atoms with Gasteiger partial charge in [-0.2, -0.15) is 5.10 Å². The molecule has 1 saturated heterocycles. The molecule has 3 aromatic rings. The molecule has 1 aliphatic rings. The summed E-state index contributed by atoms with van der Waals surface area (Å²) in [7, 11) is -0.826. The molecule has 27 heavy (non-hydrogen) atoms. The van der Waals surface area contributed by atoms with E-state index < -0.39 is 24.1 Å². The lowest BCUT2D eigenvalue weighted by Crippen LogP contribution is -2.41. The first kappa shape index (κ1) is 18.3. The molecule has 0 radical (unpaired) electrons. The minimum Gasteiger partial charge on any atom is -0.508 e. The molecular formula is C19H19BClFN2O3. The number of hydrogen-bond acceptors (Lipinski definition) is 4. The zero-order valence-electron chi connectivity index (χ0n) is 15.5. The summed E-state index contributed by atoms with van der Waals surface area (Å²) >= 11 is 6.51.